The van der Waals surface area contributed by atoms with E-state index in [2.05, 4.69) is 84.9 Å². The molecule has 2 aliphatic carbocycles. The van der Waals surface area contributed by atoms with Gasteiger partial charge in [-0.05, 0) is 94.6 Å². The maximum absolute atomic E-state index is 4.83. The van der Waals surface area contributed by atoms with Crippen molar-refractivity contribution in [3.05, 3.63) is 83.1 Å². The number of nitrogens with one attached hydrogen (secondary N) is 1. The van der Waals surface area contributed by atoms with Crippen molar-refractivity contribution in [2.24, 2.45) is 10.9 Å². The van der Waals surface area contributed by atoms with Crippen LogP contribution in [-0.2, 0) is 6.42 Å². The van der Waals surface area contributed by atoms with Crippen LogP contribution >= 0.6 is 0 Å². The minimum Gasteiger partial charge on any atom is -0.351 e. The van der Waals surface area contributed by atoms with Gasteiger partial charge in [-0.25, -0.2) is 0 Å². The van der Waals surface area contributed by atoms with Crippen molar-refractivity contribution < 1.29 is 2.85 Å². The highest BCUT2D eigenvalue weighted by Gasteiger charge is 2.22. The van der Waals surface area contributed by atoms with Crippen LogP contribution in [0, 0.1) is 5.92 Å². The highest BCUT2D eigenvalue weighted by atomic mass is 15.1. The molecule has 0 bridgehead atoms. The van der Waals surface area contributed by atoms with Gasteiger partial charge in [0.1, 0.15) is 0 Å². The summed E-state index contributed by atoms with van der Waals surface area (Å²) >= 11 is 0. The van der Waals surface area contributed by atoms with Gasteiger partial charge in [0, 0.05) is 26.6 Å². The molecule has 0 saturated carbocycles. The molecule has 0 aromatic carbocycles. The lowest BCUT2D eigenvalue weighted by Gasteiger charge is -2.30. The number of likely N-dealkylation sites (tertiary alicyclic amines) is 1. The first kappa shape index (κ1) is 22.3. The number of aromatic nitrogens is 1. The Labute approximate surface area is 195 Å². The number of hydrogen-bond donors (Lipinski definition) is 1. The number of allylic oxidation sites excluding steroid dienone is 9. The van der Waals surface area contributed by atoms with Crippen molar-refractivity contribution in [3.8, 4) is 0 Å². The molecule has 0 amide bonds. The molecule has 2 heterocycles. The third-order valence-corrected chi connectivity index (χ3v) is 6.56. The number of pyridine rings is 1. The van der Waals surface area contributed by atoms with E-state index in [9.17, 15) is 0 Å². The third-order valence-electron chi connectivity index (χ3n) is 6.56. The first-order valence-corrected chi connectivity index (χ1v) is 11.8. The van der Waals surface area contributed by atoms with E-state index in [0.29, 0.717) is 5.92 Å². The Morgan fingerprint density at radius 1 is 1.38 bits per heavy atom. The number of nitrogens with zero attached hydrogens (tertiary/aromatic N) is 3. The molecular weight excluding hydrogens is 392 g/mol. The van der Waals surface area contributed by atoms with E-state index in [1.165, 1.54) is 28.0 Å². The Hall–Kier alpha value is -2.94. The van der Waals surface area contributed by atoms with Gasteiger partial charge in [-0.1, -0.05) is 24.8 Å². The van der Waals surface area contributed by atoms with Gasteiger partial charge >= 0.3 is 0 Å². The molecule has 1 aromatic rings. The molecule has 1 fully saturated rings. The van der Waals surface area contributed by atoms with Crippen molar-refractivity contribution >= 4 is 17.0 Å². The van der Waals surface area contributed by atoms with Gasteiger partial charge in [-0.15, -0.1) is 5.73 Å². The molecule has 1 saturated heterocycles. The van der Waals surface area contributed by atoms with Crippen molar-refractivity contribution in [2.45, 2.75) is 39.5 Å². The van der Waals surface area contributed by atoms with Crippen molar-refractivity contribution in [2.75, 3.05) is 32.0 Å². The van der Waals surface area contributed by atoms with Gasteiger partial charge in [0.2, 0.25) is 0 Å². The first-order chi connectivity index (χ1) is 15.6. The summed E-state index contributed by atoms with van der Waals surface area (Å²) < 4.78 is 0. The molecular formula is C28H38N4. The summed E-state index contributed by atoms with van der Waals surface area (Å²) in [7, 11) is 2.19. The van der Waals surface area contributed by atoms with Crippen LogP contribution in [0.3, 0.4) is 0 Å². The van der Waals surface area contributed by atoms with Crippen LogP contribution in [0.25, 0.3) is 5.57 Å². The Morgan fingerprint density at radius 2 is 2.19 bits per heavy atom. The molecule has 0 radical (unpaired) electrons. The smallest absolute Gasteiger partial charge is 0.0643 e. The number of piperidine rings is 1. The van der Waals surface area contributed by atoms with Crippen LogP contribution in [0.5, 0.6) is 0 Å². The third kappa shape index (κ3) is 4.77. The second kappa shape index (κ2) is 10.1. The van der Waals surface area contributed by atoms with E-state index >= 15 is 0 Å². The van der Waals surface area contributed by atoms with E-state index in [4.69, 9.17) is 4.98 Å². The zero-order chi connectivity index (χ0) is 22.5. The zero-order valence-electron chi connectivity index (χ0n) is 19.6. The molecule has 1 aliphatic heterocycles. The van der Waals surface area contributed by atoms with Crippen molar-refractivity contribution in [3.63, 3.8) is 0 Å². The lowest BCUT2D eigenvalue weighted by atomic mass is 9.86. The quantitative estimate of drug-likeness (QED) is 0.563. The Morgan fingerprint density at radius 3 is 2.91 bits per heavy atom. The standard InChI is InChI=1S/C28H34N4.2H2/c1-5-20-17-22(11-12-27(20)29-7-3)24-9-8-10-28-25(24)18-23(19-30-28)31-26(6-2)21-13-15-32(4)16-14-21;;/h5,9,11-12,17-19,21,31H,2,7-8,10,13-16H2,1,3-4H3;2*1H/b20-5-,29-27?;;. The minimum absolute atomic E-state index is 0. The summed E-state index contributed by atoms with van der Waals surface area (Å²) in [6.07, 6.45) is 17.3. The molecule has 4 rings (SSSR count). The summed E-state index contributed by atoms with van der Waals surface area (Å²) in [5.41, 5.74) is 12.4. The summed E-state index contributed by atoms with van der Waals surface area (Å²) in [5, 5.41) is 3.60. The second-order valence-corrected chi connectivity index (χ2v) is 8.70. The number of rotatable bonds is 5. The fraction of sp³-hybridized carbons (Fsp3) is 0.393. The average molecular weight is 431 g/mol. The number of anilines is 1. The normalized spacial score (nSPS) is 21.7. The molecule has 0 unspecified atom stereocenters. The van der Waals surface area contributed by atoms with Gasteiger partial charge in [-0.3, -0.25) is 9.98 Å². The van der Waals surface area contributed by atoms with Crippen molar-refractivity contribution in [1.29, 1.82) is 0 Å². The molecule has 0 spiro atoms. The van der Waals surface area contributed by atoms with Crippen molar-refractivity contribution in [1.82, 2.24) is 9.88 Å². The molecule has 1 aromatic heterocycles. The predicted octanol–water partition coefficient (Wildman–Crippen LogP) is 6.23. The van der Waals surface area contributed by atoms with Gasteiger partial charge in [0.25, 0.3) is 0 Å². The Kier molecular flexibility index (Phi) is 7.04. The monoisotopic (exact) mass is 430 g/mol. The number of aryl methyl sites for hydroxylation is 1. The molecule has 3 aliphatic rings. The van der Waals surface area contributed by atoms with E-state index in [0.717, 1.165) is 62.4 Å². The van der Waals surface area contributed by atoms with Crippen LogP contribution in [0.2, 0.25) is 0 Å². The Bertz CT molecular complexity index is 1080. The van der Waals surface area contributed by atoms with Gasteiger partial charge < -0.3 is 10.2 Å². The lowest BCUT2D eigenvalue weighted by Crippen LogP contribution is -2.32. The fourth-order valence-corrected chi connectivity index (χ4v) is 4.74. The maximum atomic E-state index is 4.83. The lowest BCUT2D eigenvalue weighted by molar-refractivity contribution is 0.239. The van der Waals surface area contributed by atoms with E-state index in [-0.39, 0.29) is 2.85 Å². The highest BCUT2D eigenvalue weighted by Crippen LogP contribution is 2.35. The SMILES string of the molecule is C=C=C(Nc1cnc2c(c1)C(C1=C/C(=C/C)C(=NCC)C=C1)=CCC2)C1CCN(C)CC1.[HH].[HH]. The molecule has 4 nitrogen and oxygen atoms in total. The molecule has 170 valence electrons. The van der Waals surface area contributed by atoms with Crippen LogP contribution in [0.15, 0.2) is 76.8 Å². The largest absolute Gasteiger partial charge is 0.351 e. The zero-order valence-corrected chi connectivity index (χ0v) is 19.6. The maximum Gasteiger partial charge on any atom is 0.0643 e. The topological polar surface area (TPSA) is 40.5 Å². The van der Waals surface area contributed by atoms with Crippen LogP contribution in [0.1, 0.15) is 47.2 Å². The molecule has 0 atom stereocenters. The second-order valence-electron chi connectivity index (χ2n) is 8.70. The number of hydrogen-bond acceptors (Lipinski definition) is 4. The summed E-state index contributed by atoms with van der Waals surface area (Å²) in [5.74, 6) is 0.479. The number of aliphatic imine (C=N–C) groups is 1. The summed E-state index contributed by atoms with van der Waals surface area (Å²) in [6.45, 7) is 11.1. The highest BCUT2D eigenvalue weighted by molar-refractivity contribution is 6.13. The van der Waals surface area contributed by atoms with Gasteiger partial charge in [0.15, 0.2) is 0 Å². The first-order valence-electron chi connectivity index (χ1n) is 11.8. The number of fused-ring (bicyclic) bond motifs is 1. The average Bonchev–Trinajstić information content (AvgIpc) is 2.83. The summed E-state index contributed by atoms with van der Waals surface area (Å²) in [6, 6.07) is 2.25. The van der Waals surface area contributed by atoms with E-state index < -0.39 is 0 Å². The Balaban J connectivity index is 0.00000204. The molecule has 4 heteroatoms. The van der Waals surface area contributed by atoms with Gasteiger partial charge in [0.05, 0.1) is 23.3 Å². The van der Waals surface area contributed by atoms with Crippen LogP contribution < -0.4 is 5.32 Å². The van der Waals surface area contributed by atoms with E-state index in [1.54, 1.807) is 0 Å². The summed E-state index contributed by atoms with van der Waals surface area (Å²) in [4.78, 5) is 11.8. The van der Waals surface area contributed by atoms with E-state index in [1.807, 2.05) is 6.20 Å². The molecule has 32 heavy (non-hydrogen) atoms. The fourth-order valence-electron chi connectivity index (χ4n) is 4.74. The molecule has 1 N–H and O–H groups in total. The van der Waals surface area contributed by atoms with Crippen LogP contribution in [-0.4, -0.2) is 42.3 Å². The minimum atomic E-state index is 0. The van der Waals surface area contributed by atoms with Gasteiger partial charge in [-0.2, -0.15) is 0 Å². The predicted molar refractivity (Wildman–Crippen MR) is 140 cm³/mol. The van der Waals surface area contributed by atoms with Crippen LogP contribution in [0.4, 0.5) is 5.69 Å².